The summed E-state index contributed by atoms with van der Waals surface area (Å²) in [5.41, 5.74) is 5.31. The predicted octanol–water partition coefficient (Wildman–Crippen LogP) is 1.22. The van der Waals surface area contributed by atoms with Crippen LogP contribution in [-0.2, 0) is 10.0 Å². The Bertz CT molecular complexity index is 710. The number of carbonyl (C=O) groups is 1. The highest BCUT2D eigenvalue weighted by molar-refractivity contribution is 7.93. The van der Waals surface area contributed by atoms with Crippen LogP contribution < -0.4 is 10.5 Å². The monoisotopic (exact) mass is 299 g/mol. The molecule has 1 aromatic heterocycles. The molecule has 0 radical (unpaired) electrons. The molecule has 0 amide bonds. The van der Waals surface area contributed by atoms with E-state index in [4.69, 9.17) is 10.8 Å². The zero-order chi connectivity index (χ0) is 14.0. The Labute approximate surface area is 112 Å². The summed E-state index contributed by atoms with van der Waals surface area (Å²) in [5.74, 6) is -1.35. The number of carboxylic acid groups (broad SMARTS) is 1. The second-order valence-electron chi connectivity index (χ2n) is 3.50. The first-order valence-electron chi connectivity index (χ1n) is 4.95. The Morgan fingerprint density at radius 1 is 1.42 bits per heavy atom. The number of nitrogens with one attached hydrogen (secondary N) is 1. The van der Waals surface area contributed by atoms with Gasteiger partial charge in [0.2, 0.25) is 0 Å². The SMILES string of the molecule is Nc1ccc(C(=O)O)c(S(=O)(=O)Nc2nccs2)c1. The lowest BCUT2D eigenvalue weighted by Gasteiger charge is -2.09. The van der Waals surface area contributed by atoms with Crippen molar-refractivity contribution in [3.63, 3.8) is 0 Å². The maximum atomic E-state index is 12.1. The smallest absolute Gasteiger partial charge is 0.337 e. The molecule has 0 atom stereocenters. The number of benzene rings is 1. The number of aromatic nitrogens is 1. The second-order valence-corrected chi connectivity index (χ2v) is 6.05. The fraction of sp³-hybridized carbons (Fsp3) is 0. The second kappa shape index (κ2) is 4.86. The Morgan fingerprint density at radius 3 is 2.74 bits per heavy atom. The molecule has 0 aliphatic carbocycles. The van der Waals surface area contributed by atoms with Crippen LogP contribution in [0.4, 0.5) is 10.8 Å². The summed E-state index contributed by atoms with van der Waals surface area (Å²) < 4.78 is 26.4. The summed E-state index contributed by atoms with van der Waals surface area (Å²) in [6.45, 7) is 0. The number of sulfonamides is 1. The normalized spacial score (nSPS) is 11.2. The molecule has 0 fully saturated rings. The Hall–Kier alpha value is -2.13. The molecular formula is C10H9N3O4S2. The predicted molar refractivity (Wildman–Crippen MR) is 70.7 cm³/mol. The molecule has 1 heterocycles. The number of nitrogens with two attached hydrogens (primary N) is 1. The lowest BCUT2D eigenvalue weighted by Crippen LogP contribution is -2.17. The number of hydrogen-bond donors (Lipinski definition) is 3. The van der Waals surface area contributed by atoms with E-state index in [1.165, 1.54) is 12.3 Å². The highest BCUT2D eigenvalue weighted by Crippen LogP contribution is 2.23. The van der Waals surface area contributed by atoms with Gasteiger partial charge in [-0.2, -0.15) is 0 Å². The van der Waals surface area contributed by atoms with Crippen molar-refractivity contribution in [3.8, 4) is 0 Å². The fourth-order valence-electron chi connectivity index (χ4n) is 1.38. The summed E-state index contributed by atoms with van der Waals surface area (Å²) in [6, 6.07) is 3.57. The van der Waals surface area contributed by atoms with Crippen LogP contribution in [0.1, 0.15) is 10.4 Å². The van der Waals surface area contributed by atoms with Crippen molar-refractivity contribution in [2.24, 2.45) is 0 Å². The van der Waals surface area contributed by atoms with Gasteiger partial charge < -0.3 is 10.8 Å². The van der Waals surface area contributed by atoms with Crippen molar-refractivity contribution in [1.82, 2.24) is 4.98 Å². The Kier molecular flexibility index (Phi) is 3.40. The number of rotatable bonds is 4. The molecule has 0 unspecified atom stereocenters. The Balaban J connectivity index is 2.50. The molecule has 100 valence electrons. The third-order valence-corrected chi connectivity index (χ3v) is 4.38. The van der Waals surface area contributed by atoms with Crippen molar-refractivity contribution in [2.75, 3.05) is 10.5 Å². The fourth-order valence-corrected chi connectivity index (χ4v) is 3.40. The zero-order valence-electron chi connectivity index (χ0n) is 9.40. The molecule has 0 aliphatic rings. The summed E-state index contributed by atoms with van der Waals surface area (Å²) >= 11 is 1.08. The van der Waals surface area contributed by atoms with E-state index in [2.05, 4.69) is 9.71 Å². The summed E-state index contributed by atoms with van der Waals surface area (Å²) in [5, 5.41) is 10.7. The lowest BCUT2D eigenvalue weighted by atomic mass is 10.2. The lowest BCUT2D eigenvalue weighted by molar-refractivity contribution is 0.0692. The van der Waals surface area contributed by atoms with E-state index in [1.54, 1.807) is 5.38 Å². The van der Waals surface area contributed by atoms with Gasteiger partial charge in [-0.1, -0.05) is 0 Å². The third-order valence-electron chi connectivity index (χ3n) is 2.18. The van der Waals surface area contributed by atoms with E-state index < -0.39 is 20.9 Å². The van der Waals surface area contributed by atoms with Crippen LogP contribution in [-0.4, -0.2) is 24.5 Å². The van der Waals surface area contributed by atoms with Crippen LogP contribution >= 0.6 is 11.3 Å². The molecular weight excluding hydrogens is 290 g/mol. The van der Waals surface area contributed by atoms with Gasteiger partial charge in [0.1, 0.15) is 4.90 Å². The number of hydrogen-bond acceptors (Lipinski definition) is 6. The molecule has 0 saturated heterocycles. The van der Waals surface area contributed by atoms with E-state index >= 15 is 0 Å². The molecule has 0 spiro atoms. The molecule has 0 aliphatic heterocycles. The van der Waals surface area contributed by atoms with Crippen LogP contribution in [0, 0.1) is 0 Å². The van der Waals surface area contributed by atoms with Gasteiger partial charge in [-0.25, -0.2) is 18.2 Å². The van der Waals surface area contributed by atoms with Gasteiger partial charge in [0.15, 0.2) is 5.13 Å². The molecule has 9 heteroatoms. The van der Waals surface area contributed by atoms with Crippen molar-refractivity contribution >= 4 is 38.1 Å². The molecule has 0 bridgehead atoms. The van der Waals surface area contributed by atoms with Gasteiger partial charge in [-0.05, 0) is 18.2 Å². The molecule has 2 rings (SSSR count). The first-order valence-corrected chi connectivity index (χ1v) is 7.31. The van der Waals surface area contributed by atoms with Gasteiger partial charge >= 0.3 is 5.97 Å². The van der Waals surface area contributed by atoms with Crippen LogP contribution in [0.3, 0.4) is 0 Å². The number of thiazole rings is 1. The van der Waals surface area contributed by atoms with E-state index in [0.29, 0.717) is 0 Å². The maximum Gasteiger partial charge on any atom is 0.337 e. The van der Waals surface area contributed by atoms with Crippen LogP contribution in [0.5, 0.6) is 0 Å². The topological polar surface area (TPSA) is 122 Å². The van der Waals surface area contributed by atoms with Crippen LogP contribution in [0.2, 0.25) is 0 Å². The highest BCUT2D eigenvalue weighted by Gasteiger charge is 2.23. The largest absolute Gasteiger partial charge is 0.478 e. The molecule has 19 heavy (non-hydrogen) atoms. The van der Waals surface area contributed by atoms with Crippen LogP contribution in [0.15, 0.2) is 34.7 Å². The number of anilines is 2. The minimum atomic E-state index is -4.04. The molecule has 0 saturated carbocycles. The average Bonchev–Trinajstić information content (AvgIpc) is 2.80. The van der Waals surface area contributed by atoms with E-state index in [-0.39, 0.29) is 16.4 Å². The van der Waals surface area contributed by atoms with Gasteiger partial charge in [0, 0.05) is 17.3 Å². The van der Waals surface area contributed by atoms with Crippen molar-refractivity contribution in [3.05, 3.63) is 35.3 Å². The molecule has 4 N–H and O–H groups in total. The minimum Gasteiger partial charge on any atom is -0.478 e. The zero-order valence-corrected chi connectivity index (χ0v) is 11.0. The van der Waals surface area contributed by atoms with Crippen molar-refractivity contribution in [2.45, 2.75) is 4.90 Å². The van der Waals surface area contributed by atoms with E-state index in [0.717, 1.165) is 23.5 Å². The molecule has 7 nitrogen and oxygen atoms in total. The highest BCUT2D eigenvalue weighted by atomic mass is 32.2. The third kappa shape index (κ3) is 2.83. The number of carboxylic acids is 1. The van der Waals surface area contributed by atoms with E-state index in [9.17, 15) is 13.2 Å². The number of aromatic carboxylic acids is 1. The van der Waals surface area contributed by atoms with Crippen LogP contribution in [0.25, 0.3) is 0 Å². The summed E-state index contributed by atoms with van der Waals surface area (Å²) in [4.78, 5) is 14.4. The maximum absolute atomic E-state index is 12.1. The Morgan fingerprint density at radius 2 is 2.16 bits per heavy atom. The van der Waals surface area contributed by atoms with Crippen molar-refractivity contribution in [1.29, 1.82) is 0 Å². The summed E-state index contributed by atoms with van der Waals surface area (Å²) in [6.07, 6.45) is 1.43. The van der Waals surface area contributed by atoms with E-state index in [1.807, 2.05) is 0 Å². The van der Waals surface area contributed by atoms with Gasteiger partial charge in [-0.3, -0.25) is 4.72 Å². The average molecular weight is 299 g/mol. The molecule has 1 aromatic carbocycles. The van der Waals surface area contributed by atoms with Gasteiger partial charge in [0.05, 0.1) is 5.56 Å². The minimum absolute atomic E-state index is 0.152. The molecule has 2 aromatic rings. The number of nitrogen functional groups attached to an aromatic ring is 1. The van der Waals surface area contributed by atoms with Crippen molar-refractivity contribution < 1.29 is 18.3 Å². The first kappa shape index (κ1) is 13.3. The van der Waals surface area contributed by atoms with Gasteiger partial charge in [-0.15, -0.1) is 11.3 Å². The standard InChI is InChI=1S/C10H9N3O4S2/c11-6-1-2-7(9(14)15)8(5-6)19(16,17)13-10-12-3-4-18-10/h1-5H,11H2,(H,12,13)(H,14,15). The first-order chi connectivity index (χ1) is 8.90. The summed E-state index contributed by atoms with van der Waals surface area (Å²) in [7, 11) is -4.04. The van der Waals surface area contributed by atoms with Gasteiger partial charge in [0.25, 0.3) is 10.0 Å². The quantitative estimate of drug-likeness (QED) is 0.730. The number of nitrogens with zero attached hydrogens (tertiary/aromatic N) is 1.